The number of aromatic nitrogens is 2. The summed E-state index contributed by atoms with van der Waals surface area (Å²) in [6.45, 7) is 6.28. The summed E-state index contributed by atoms with van der Waals surface area (Å²) in [6.07, 6.45) is 1.66. The van der Waals surface area contributed by atoms with Crippen LogP contribution in [0.4, 0.5) is 5.69 Å². The average Bonchev–Trinajstić information content (AvgIpc) is 3.47. The van der Waals surface area contributed by atoms with Crippen LogP contribution < -0.4 is 20.3 Å². The summed E-state index contributed by atoms with van der Waals surface area (Å²) < 4.78 is 12.2. The monoisotopic (exact) mass is 491 g/mol. The highest BCUT2D eigenvalue weighted by Gasteiger charge is 2.18. The van der Waals surface area contributed by atoms with Gasteiger partial charge in [-0.15, -0.1) is 17.9 Å². The SMILES string of the molecule is C=CCn1c(SCC(=O)Nc2ccc3c(c2)OCO3)nc2scc(-c3ccc(C)cc3)c2c1=O. The van der Waals surface area contributed by atoms with E-state index in [2.05, 4.69) is 11.9 Å². The van der Waals surface area contributed by atoms with Gasteiger partial charge in [-0.25, -0.2) is 4.98 Å². The van der Waals surface area contributed by atoms with E-state index >= 15 is 0 Å². The van der Waals surface area contributed by atoms with E-state index in [1.807, 2.05) is 36.6 Å². The average molecular weight is 492 g/mol. The van der Waals surface area contributed by atoms with Crippen molar-refractivity contribution in [1.82, 2.24) is 9.55 Å². The van der Waals surface area contributed by atoms with Gasteiger partial charge >= 0.3 is 0 Å². The third-order valence-electron chi connectivity index (χ3n) is 5.32. The maximum atomic E-state index is 13.4. The van der Waals surface area contributed by atoms with Crippen molar-refractivity contribution in [3.05, 3.63) is 76.4 Å². The summed E-state index contributed by atoms with van der Waals surface area (Å²) >= 11 is 2.65. The third kappa shape index (κ3) is 4.32. The smallest absolute Gasteiger partial charge is 0.263 e. The molecule has 2 aromatic carbocycles. The summed E-state index contributed by atoms with van der Waals surface area (Å²) in [4.78, 5) is 31.4. The van der Waals surface area contributed by atoms with Gasteiger partial charge in [-0.3, -0.25) is 14.2 Å². The third-order valence-corrected chi connectivity index (χ3v) is 7.17. The van der Waals surface area contributed by atoms with Crippen LogP contribution in [0.15, 0.2) is 70.5 Å². The van der Waals surface area contributed by atoms with Crippen LogP contribution >= 0.6 is 23.1 Å². The molecule has 0 spiro atoms. The van der Waals surface area contributed by atoms with Gasteiger partial charge in [0.2, 0.25) is 12.7 Å². The molecular weight excluding hydrogens is 470 g/mol. The number of thioether (sulfide) groups is 1. The molecular formula is C25H21N3O4S2. The summed E-state index contributed by atoms with van der Waals surface area (Å²) in [5, 5.41) is 5.88. The second-order valence-corrected chi connectivity index (χ2v) is 9.50. The largest absolute Gasteiger partial charge is 0.454 e. The number of amides is 1. The van der Waals surface area contributed by atoms with E-state index in [-0.39, 0.29) is 24.0 Å². The summed E-state index contributed by atoms with van der Waals surface area (Å²) in [5.41, 5.74) is 3.48. The Bertz CT molecular complexity index is 1460. The topological polar surface area (TPSA) is 82.5 Å². The molecule has 1 amide bonds. The second-order valence-electron chi connectivity index (χ2n) is 7.70. The van der Waals surface area contributed by atoms with E-state index in [4.69, 9.17) is 14.5 Å². The highest BCUT2D eigenvalue weighted by atomic mass is 32.2. The van der Waals surface area contributed by atoms with Crippen LogP contribution in [0, 0.1) is 6.92 Å². The minimum atomic E-state index is -0.213. The first-order chi connectivity index (χ1) is 16.5. The molecule has 5 rings (SSSR count). The zero-order valence-electron chi connectivity index (χ0n) is 18.4. The number of rotatable bonds is 7. The van der Waals surface area contributed by atoms with Crippen LogP contribution in [-0.2, 0) is 11.3 Å². The molecule has 0 radical (unpaired) electrons. The van der Waals surface area contributed by atoms with Crippen molar-refractivity contribution in [3.63, 3.8) is 0 Å². The quantitative estimate of drug-likeness (QED) is 0.221. The zero-order valence-corrected chi connectivity index (χ0v) is 20.0. The number of carbonyl (C=O) groups excluding carboxylic acids is 1. The molecule has 0 unspecified atom stereocenters. The lowest BCUT2D eigenvalue weighted by Gasteiger charge is -2.11. The predicted molar refractivity (Wildman–Crippen MR) is 136 cm³/mol. The number of ether oxygens (including phenoxy) is 2. The van der Waals surface area contributed by atoms with E-state index in [1.165, 1.54) is 23.1 Å². The number of aryl methyl sites for hydroxylation is 1. The Balaban J connectivity index is 1.40. The first-order valence-electron chi connectivity index (χ1n) is 10.6. The summed E-state index contributed by atoms with van der Waals surface area (Å²) in [6, 6.07) is 13.3. The van der Waals surface area contributed by atoms with Crippen LogP contribution in [0.5, 0.6) is 11.5 Å². The van der Waals surface area contributed by atoms with E-state index < -0.39 is 0 Å². The van der Waals surface area contributed by atoms with Crippen molar-refractivity contribution in [1.29, 1.82) is 0 Å². The summed E-state index contributed by atoms with van der Waals surface area (Å²) in [5.74, 6) is 1.13. The Morgan fingerprint density at radius 2 is 2.03 bits per heavy atom. The number of fused-ring (bicyclic) bond motifs is 2. The Morgan fingerprint density at radius 1 is 1.24 bits per heavy atom. The fraction of sp³-hybridized carbons (Fsp3) is 0.160. The molecule has 2 aromatic heterocycles. The van der Waals surface area contributed by atoms with Gasteiger partial charge in [0.15, 0.2) is 16.7 Å². The molecule has 0 saturated carbocycles. The maximum Gasteiger partial charge on any atom is 0.263 e. The molecule has 0 bridgehead atoms. The molecule has 3 heterocycles. The lowest BCUT2D eigenvalue weighted by atomic mass is 10.1. The number of hydrogen-bond donors (Lipinski definition) is 1. The van der Waals surface area contributed by atoms with Crippen molar-refractivity contribution in [2.24, 2.45) is 0 Å². The molecule has 1 N–H and O–H groups in total. The van der Waals surface area contributed by atoms with Crippen molar-refractivity contribution in [3.8, 4) is 22.6 Å². The van der Waals surface area contributed by atoms with Gasteiger partial charge in [0, 0.05) is 29.2 Å². The van der Waals surface area contributed by atoms with Crippen LogP contribution in [0.3, 0.4) is 0 Å². The first-order valence-corrected chi connectivity index (χ1v) is 12.4. The minimum absolute atomic E-state index is 0.0970. The standard InChI is InChI=1S/C25H21N3O4S2/c1-3-10-28-24(30)22-18(16-6-4-15(2)5-7-16)12-33-23(22)27-25(28)34-13-21(29)26-17-8-9-19-20(11-17)32-14-31-19/h3-9,11-12H,1,10,13-14H2,2H3,(H,26,29). The number of thiophene rings is 1. The van der Waals surface area contributed by atoms with E-state index in [0.29, 0.717) is 39.1 Å². The Kier molecular flexibility index (Phi) is 6.12. The maximum absolute atomic E-state index is 13.4. The van der Waals surface area contributed by atoms with E-state index in [9.17, 15) is 9.59 Å². The molecule has 0 fully saturated rings. The molecule has 0 aliphatic carbocycles. The van der Waals surface area contributed by atoms with Crippen LogP contribution in [0.1, 0.15) is 5.56 Å². The lowest BCUT2D eigenvalue weighted by Crippen LogP contribution is -2.23. The molecule has 7 nitrogen and oxygen atoms in total. The van der Waals surface area contributed by atoms with Gasteiger partial charge in [-0.05, 0) is 24.6 Å². The van der Waals surface area contributed by atoms with Crippen LogP contribution in [0.25, 0.3) is 21.3 Å². The Labute approximate surface area is 204 Å². The molecule has 1 aliphatic rings. The van der Waals surface area contributed by atoms with Crippen molar-refractivity contribution < 1.29 is 14.3 Å². The number of carbonyl (C=O) groups is 1. The molecule has 0 atom stereocenters. The first kappa shape index (κ1) is 22.2. The lowest BCUT2D eigenvalue weighted by molar-refractivity contribution is -0.113. The highest BCUT2D eigenvalue weighted by Crippen LogP contribution is 2.35. The van der Waals surface area contributed by atoms with Gasteiger partial charge in [-0.1, -0.05) is 47.7 Å². The molecule has 0 saturated heterocycles. The molecule has 172 valence electrons. The Hall–Kier alpha value is -3.56. The number of benzene rings is 2. The molecule has 9 heteroatoms. The Morgan fingerprint density at radius 3 is 2.82 bits per heavy atom. The highest BCUT2D eigenvalue weighted by molar-refractivity contribution is 7.99. The van der Waals surface area contributed by atoms with Crippen molar-refractivity contribution in [2.45, 2.75) is 18.6 Å². The molecule has 4 aromatic rings. The summed E-state index contributed by atoms with van der Waals surface area (Å²) in [7, 11) is 0. The number of nitrogens with zero attached hydrogens (tertiary/aromatic N) is 2. The minimum Gasteiger partial charge on any atom is -0.454 e. The second kappa shape index (κ2) is 9.36. The van der Waals surface area contributed by atoms with Gasteiger partial charge in [0.05, 0.1) is 11.1 Å². The molecule has 1 aliphatic heterocycles. The van der Waals surface area contributed by atoms with Crippen LogP contribution in [-0.4, -0.2) is 28.0 Å². The van der Waals surface area contributed by atoms with E-state index in [1.54, 1.807) is 28.8 Å². The van der Waals surface area contributed by atoms with Gasteiger partial charge in [-0.2, -0.15) is 0 Å². The van der Waals surface area contributed by atoms with E-state index in [0.717, 1.165) is 16.7 Å². The predicted octanol–water partition coefficient (Wildman–Crippen LogP) is 5.08. The van der Waals surface area contributed by atoms with Crippen LogP contribution in [0.2, 0.25) is 0 Å². The number of anilines is 1. The fourth-order valence-corrected chi connectivity index (χ4v) is 5.45. The van der Waals surface area contributed by atoms with Gasteiger partial charge in [0.25, 0.3) is 5.56 Å². The van der Waals surface area contributed by atoms with Crippen molar-refractivity contribution >= 4 is 44.9 Å². The van der Waals surface area contributed by atoms with Gasteiger partial charge in [0.1, 0.15) is 4.83 Å². The van der Waals surface area contributed by atoms with Crippen molar-refractivity contribution in [2.75, 3.05) is 17.9 Å². The number of allylic oxidation sites excluding steroid dienone is 1. The molecule has 34 heavy (non-hydrogen) atoms. The normalized spacial score (nSPS) is 12.1. The fourth-order valence-electron chi connectivity index (χ4n) is 3.65. The zero-order chi connectivity index (χ0) is 23.7. The number of nitrogens with one attached hydrogen (secondary N) is 1. The number of hydrogen-bond acceptors (Lipinski definition) is 7. The van der Waals surface area contributed by atoms with Gasteiger partial charge < -0.3 is 14.8 Å².